The predicted octanol–water partition coefficient (Wildman–Crippen LogP) is 0.758. The molecule has 0 aromatic heterocycles. The van der Waals surface area contributed by atoms with Crippen molar-refractivity contribution in [1.29, 1.82) is 0 Å². The van der Waals surface area contributed by atoms with Crippen molar-refractivity contribution in [2.75, 3.05) is 0 Å². The fraction of sp³-hybridized carbons (Fsp3) is 0.143. The molecule has 1 atom stereocenters. The van der Waals surface area contributed by atoms with E-state index in [0.29, 0.717) is 15.1 Å². The molecular formula is C7H7Cl4P. The standard InChI is InChI=1S/C7H6Cl3P.ClH/c8-4-1-6(9)5(3-11)7(10)2-4;/h1-2H,3,11H2;1H. The molecule has 12 heavy (non-hydrogen) atoms. The van der Waals surface area contributed by atoms with Gasteiger partial charge in [-0.2, -0.15) is 0 Å². The highest BCUT2D eigenvalue weighted by Crippen LogP contribution is 2.30. The van der Waals surface area contributed by atoms with E-state index >= 15 is 0 Å². The van der Waals surface area contributed by atoms with Crippen LogP contribution in [0, 0.1) is 0 Å². The Balaban J connectivity index is 0.00000121. The smallest absolute Gasteiger partial charge is 0.0803 e. The number of benzene rings is 1. The third kappa shape index (κ3) is 2.94. The molecule has 0 radical (unpaired) electrons. The summed E-state index contributed by atoms with van der Waals surface area (Å²) in [6.45, 7) is 0. The van der Waals surface area contributed by atoms with Crippen LogP contribution < -0.4 is 12.4 Å². The van der Waals surface area contributed by atoms with Crippen molar-refractivity contribution in [3.05, 3.63) is 32.8 Å². The van der Waals surface area contributed by atoms with Crippen LogP contribution in [0.5, 0.6) is 0 Å². The third-order valence-electron chi connectivity index (χ3n) is 1.36. The summed E-state index contributed by atoms with van der Waals surface area (Å²) in [4.78, 5) is 0. The molecule has 0 saturated heterocycles. The summed E-state index contributed by atoms with van der Waals surface area (Å²) < 4.78 is 0. The lowest BCUT2D eigenvalue weighted by Gasteiger charge is -2.01. The molecule has 5 heteroatoms. The van der Waals surface area contributed by atoms with E-state index in [-0.39, 0.29) is 12.4 Å². The van der Waals surface area contributed by atoms with E-state index in [1.807, 2.05) is 9.24 Å². The minimum Gasteiger partial charge on any atom is -1.00 e. The van der Waals surface area contributed by atoms with Crippen LogP contribution in [0.15, 0.2) is 12.1 Å². The van der Waals surface area contributed by atoms with E-state index in [0.717, 1.165) is 11.7 Å². The third-order valence-corrected chi connectivity index (χ3v) is 2.75. The highest BCUT2D eigenvalue weighted by molar-refractivity contribution is 7.15. The number of rotatable bonds is 1. The van der Waals surface area contributed by atoms with Gasteiger partial charge in [-0.1, -0.05) is 34.8 Å². The van der Waals surface area contributed by atoms with E-state index in [9.17, 15) is 0 Å². The average Bonchev–Trinajstić information content (AvgIpc) is 1.85. The molecule has 0 fully saturated rings. The van der Waals surface area contributed by atoms with Crippen LogP contribution in [0.4, 0.5) is 0 Å². The van der Waals surface area contributed by atoms with Crippen LogP contribution in [0.2, 0.25) is 15.1 Å². The van der Waals surface area contributed by atoms with Crippen molar-refractivity contribution in [3.63, 3.8) is 0 Å². The molecule has 1 aromatic carbocycles. The minimum absolute atomic E-state index is 0. The molecule has 0 spiro atoms. The Hall–Kier alpha value is 0.810. The van der Waals surface area contributed by atoms with Crippen LogP contribution in [-0.2, 0) is 6.16 Å². The van der Waals surface area contributed by atoms with E-state index in [1.54, 1.807) is 12.1 Å². The second kappa shape index (κ2) is 5.52. The van der Waals surface area contributed by atoms with E-state index in [1.165, 1.54) is 0 Å². The van der Waals surface area contributed by atoms with Crippen LogP contribution in [0.3, 0.4) is 0 Å². The van der Waals surface area contributed by atoms with Crippen molar-refractivity contribution in [3.8, 4) is 0 Å². The second-order valence-corrected chi connectivity index (χ2v) is 3.85. The molecule has 0 saturated carbocycles. The summed E-state index contributed by atoms with van der Waals surface area (Å²) in [6.07, 6.45) is 0.856. The normalized spacial score (nSPS) is 9.58. The van der Waals surface area contributed by atoms with E-state index in [2.05, 4.69) is 0 Å². The van der Waals surface area contributed by atoms with Crippen molar-refractivity contribution in [1.82, 2.24) is 0 Å². The first kappa shape index (κ1) is 12.8. The van der Waals surface area contributed by atoms with Gasteiger partial charge in [-0.25, -0.2) is 0 Å². The predicted molar refractivity (Wildman–Crippen MR) is 56.3 cm³/mol. The summed E-state index contributed by atoms with van der Waals surface area (Å²) in [5.74, 6) is 0. The average molecular weight is 264 g/mol. The van der Waals surface area contributed by atoms with Crippen LogP contribution in [-0.4, -0.2) is 0 Å². The monoisotopic (exact) mass is 262 g/mol. The Kier molecular flexibility index (Phi) is 5.89. The SMILES string of the molecule is [Cl-].[PH3+]Cc1c(Cl)cc(Cl)cc1Cl. The molecule has 68 valence electrons. The van der Waals surface area contributed by atoms with E-state index in [4.69, 9.17) is 34.8 Å². The zero-order chi connectivity index (χ0) is 8.43. The Morgan fingerprint density at radius 1 is 1.08 bits per heavy atom. The molecule has 0 heterocycles. The molecule has 0 aliphatic rings. The Labute approximate surface area is 95.2 Å². The maximum absolute atomic E-state index is 5.87. The number of halogens is 4. The second-order valence-electron chi connectivity index (χ2n) is 2.10. The zero-order valence-electron chi connectivity index (χ0n) is 6.08. The molecule has 1 aromatic rings. The quantitative estimate of drug-likeness (QED) is 0.657. The maximum atomic E-state index is 5.87. The summed E-state index contributed by atoms with van der Waals surface area (Å²) >= 11 is 17.5. The van der Waals surface area contributed by atoms with Gasteiger partial charge in [-0.15, -0.1) is 0 Å². The van der Waals surface area contributed by atoms with Gasteiger partial charge in [0.2, 0.25) is 0 Å². The highest BCUT2D eigenvalue weighted by Gasteiger charge is 2.06. The minimum atomic E-state index is 0. The van der Waals surface area contributed by atoms with Crippen LogP contribution >= 0.6 is 44.0 Å². The first-order valence-electron chi connectivity index (χ1n) is 3.08. The zero-order valence-corrected chi connectivity index (χ0v) is 10.5. The van der Waals surface area contributed by atoms with Crippen molar-refractivity contribution >= 4 is 44.0 Å². The fourth-order valence-electron chi connectivity index (χ4n) is 0.811. The van der Waals surface area contributed by atoms with Crippen molar-refractivity contribution < 1.29 is 12.4 Å². The molecule has 0 bridgehead atoms. The Morgan fingerprint density at radius 3 is 1.83 bits per heavy atom. The lowest BCUT2D eigenvalue weighted by Crippen LogP contribution is -3.00. The molecule has 1 unspecified atom stereocenters. The molecule has 0 amide bonds. The lowest BCUT2D eigenvalue weighted by molar-refractivity contribution is -0.00000188. The Bertz CT molecular complexity index is 251. The number of hydrogen-bond donors (Lipinski definition) is 0. The molecule has 0 aliphatic carbocycles. The van der Waals surface area contributed by atoms with Gasteiger partial charge < -0.3 is 12.4 Å². The van der Waals surface area contributed by atoms with Gasteiger partial charge in [-0.3, -0.25) is 0 Å². The van der Waals surface area contributed by atoms with Crippen molar-refractivity contribution in [2.24, 2.45) is 0 Å². The molecule has 0 aliphatic heterocycles. The summed E-state index contributed by atoms with van der Waals surface area (Å²) in [7, 11) is 1.81. The lowest BCUT2D eigenvalue weighted by atomic mass is 10.2. The molecular weight excluding hydrogens is 257 g/mol. The first-order valence-corrected chi connectivity index (χ1v) is 5.21. The maximum Gasteiger partial charge on any atom is 0.0803 e. The highest BCUT2D eigenvalue weighted by atomic mass is 35.5. The first-order chi connectivity index (χ1) is 5.15. The number of hydrogen-bond acceptors (Lipinski definition) is 0. The molecule has 0 N–H and O–H groups in total. The van der Waals surface area contributed by atoms with Gasteiger partial charge >= 0.3 is 0 Å². The summed E-state index contributed by atoms with van der Waals surface area (Å²) in [5.41, 5.74) is 0.969. The largest absolute Gasteiger partial charge is 1.00 e. The summed E-state index contributed by atoms with van der Waals surface area (Å²) in [6, 6.07) is 3.41. The van der Waals surface area contributed by atoms with Gasteiger partial charge in [0.15, 0.2) is 0 Å². The topological polar surface area (TPSA) is 0 Å². The molecule has 1 rings (SSSR count). The van der Waals surface area contributed by atoms with Crippen LogP contribution in [0.1, 0.15) is 5.56 Å². The van der Waals surface area contributed by atoms with Crippen molar-refractivity contribution in [2.45, 2.75) is 6.16 Å². The fourth-order valence-corrected chi connectivity index (χ4v) is 2.67. The van der Waals surface area contributed by atoms with Crippen LogP contribution in [0.25, 0.3) is 0 Å². The van der Waals surface area contributed by atoms with Gasteiger partial charge in [0.05, 0.1) is 16.2 Å². The van der Waals surface area contributed by atoms with Gasteiger partial charge in [0, 0.05) is 10.6 Å². The van der Waals surface area contributed by atoms with Gasteiger partial charge in [0.25, 0.3) is 0 Å². The summed E-state index contributed by atoms with van der Waals surface area (Å²) in [5, 5.41) is 1.88. The molecule has 0 nitrogen and oxygen atoms in total. The van der Waals surface area contributed by atoms with Gasteiger partial charge in [-0.05, 0) is 21.4 Å². The Morgan fingerprint density at radius 2 is 1.50 bits per heavy atom. The van der Waals surface area contributed by atoms with Gasteiger partial charge in [0.1, 0.15) is 0 Å². The van der Waals surface area contributed by atoms with E-state index < -0.39 is 0 Å².